The average molecular weight is 349 g/mol. The van der Waals surface area contributed by atoms with Crippen LogP contribution in [0.5, 0.6) is 5.75 Å². The average Bonchev–Trinajstić information content (AvgIpc) is 2.52. The van der Waals surface area contributed by atoms with Gasteiger partial charge in [0.05, 0.1) is 13.7 Å². The zero-order chi connectivity index (χ0) is 15.1. The second-order valence-corrected chi connectivity index (χ2v) is 5.48. The van der Waals surface area contributed by atoms with E-state index >= 15 is 0 Å². The van der Waals surface area contributed by atoms with Crippen LogP contribution in [-0.2, 0) is 9.53 Å². The molecule has 2 rings (SSSR count). The molecule has 0 heterocycles. The molecular weight excluding hydrogens is 332 g/mol. The molecule has 0 aliphatic carbocycles. The SMILES string of the molecule is COC(=O)CCCOc1ccc(-c2ccc(Br)cc2)cc1. The maximum Gasteiger partial charge on any atom is 0.305 e. The van der Waals surface area contributed by atoms with Gasteiger partial charge in [0, 0.05) is 10.9 Å². The Morgan fingerprint density at radius 2 is 1.57 bits per heavy atom. The van der Waals surface area contributed by atoms with E-state index in [2.05, 4.69) is 32.8 Å². The third-order valence-electron chi connectivity index (χ3n) is 3.05. The number of benzene rings is 2. The minimum Gasteiger partial charge on any atom is -0.494 e. The molecule has 2 aromatic carbocycles. The van der Waals surface area contributed by atoms with Crippen LogP contribution in [0.3, 0.4) is 0 Å². The van der Waals surface area contributed by atoms with Crippen molar-refractivity contribution in [3.8, 4) is 16.9 Å². The fourth-order valence-corrected chi connectivity index (χ4v) is 2.16. The topological polar surface area (TPSA) is 35.5 Å². The van der Waals surface area contributed by atoms with Crippen molar-refractivity contribution in [2.24, 2.45) is 0 Å². The van der Waals surface area contributed by atoms with E-state index < -0.39 is 0 Å². The van der Waals surface area contributed by atoms with Crippen molar-refractivity contribution >= 4 is 21.9 Å². The molecule has 0 bridgehead atoms. The maximum atomic E-state index is 11.0. The molecule has 0 fully saturated rings. The minimum atomic E-state index is -0.204. The molecule has 0 aliphatic rings. The van der Waals surface area contributed by atoms with E-state index in [0.717, 1.165) is 21.3 Å². The van der Waals surface area contributed by atoms with Crippen LogP contribution in [0, 0.1) is 0 Å². The molecule has 0 spiro atoms. The first-order chi connectivity index (χ1) is 10.2. The molecule has 4 heteroatoms. The predicted octanol–water partition coefficient (Wildman–Crippen LogP) is 4.45. The molecule has 3 nitrogen and oxygen atoms in total. The Morgan fingerprint density at radius 3 is 2.14 bits per heavy atom. The lowest BCUT2D eigenvalue weighted by Gasteiger charge is -2.07. The molecular formula is C17H17BrO3. The first-order valence-corrected chi connectivity index (χ1v) is 7.54. The molecule has 0 aliphatic heterocycles. The Kier molecular flexibility index (Phi) is 5.81. The molecule has 0 saturated carbocycles. The van der Waals surface area contributed by atoms with Crippen LogP contribution < -0.4 is 4.74 Å². The van der Waals surface area contributed by atoms with Crippen molar-refractivity contribution in [2.45, 2.75) is 12.8 Å². The third kappa shape index (κ3) is 4.90. The van der Waals surface area contributed by atoms with E-state index in [4.69, 9.17) is 4.74 Å². The smallest absolute Gasteiger partial charge is 0.305 e. The van der Waals surface area contributed by atoms with Gasteiger partial charge in [0.1, 0.15) is 5.75 Å². The molecule has 21 heavy (non-hydrogen) atoms. The Labute approximate surface area is 133 Å². The lowest BCUT2D eigenvalue weighted by Crippen LogP contribution is -2.04. The van der Waals surface area contributed by atoms with Crippen molar-refractivity contribution < 1.29 is 14.3 Å². The first-order valence-electron chi connectivity index (χ1n) is 6.74. The van der Waals surface area contributed by atoms with Crippen LogP contribution in [0.2, 0.25) is 0 Å². The van der Waals surface area contributed by atoms with E-state index in [0.29, 0.717) is 19.4 Å². The van der Waals surface area contributed by atoms with Crippen molar-refractivity contribution in [2.75, 3.05) is 13.7 Å². The standard InChI is InChI=1S/C17H17BrO3/c1-20-17(19)3-2-12-21-16-10-6-14(7-11-16)13-4-8-15(18)9-5-13/h4-11H,2-3,12H2,1H3. The van der Waals surface area contributed by atoms with Crippen LogP contribution in [-0.4, -0.2) is 19.7 Å². The van der Waals surface area contributed by atoms with Crippen molar-refractivity contribution in [1.29, 1.82) is 0 Å². The molecule has 2 aromatic rings. The molecule has 0 radical (unpaired) electrons. The lowest BCUT2D eigenvalue weighted by atomic mass is 10.1. The highest BCUT2D eigenvalue weighted by atomic mass is 79.9. The summed E-state index contributed by atoms with van der Waals surface area (Å²) in [6, 6.07) is 16.1. The summed E-state index contributed by atoms with van der Waals surface area (Å²) in [7, 11) is 1.39. The van der Waals surface area contributed by atoms with Gasteiger partial charge in [-0.3, -0.25) is 4.79 Å². The van der Waals surface area contributed by atoms with E-state index in [1.807, 2.05) is 36.4 Å². The molecule has 0 unspecified atom stereocenters. The first kappa shape index (κ1) is 15.6. The highest BCUT2D eigenvalue weighted by Crippen LogP contribution is 2.24. The number of rotatable bonds is 6. The molecule has 0 saturated heterocycles. The summed E-state index contributed by atoms with van der Waals surface area (Å²) in [5.74, 6) is 0.602. The van der Waals surface area contributed by atoms with Gasteiger partial charge in [0.25, 0.3) is 0 Å². The Bertz CT molecular complexity index is 576. The summed E-state index contributed by atoms with van der Waals surface area (Å²) < 4.78 is 11.2. The normalized spacial score (nSPS) is 10.2. The number of halogens is 1. The molecule has 0 N–H and O–H groups in total. The van der Waals surface area contributed by atoms with Gasteiger partial charge in [-0.15, -0.1) is 0 Å². The van der Waals surface area contributed by atoms with E-state index in [1.165, 1.54) is 7.11 Å². The third-order valence-corrected chi connectivity index (χ3v) is 3.58. The largest absolute Gasteiger partial charge is 0.494 e. The number of ether oxygens (including phenoxy) is 2. The van der Waals surface area contributed by atoms with E-state index in [-0.39, 0.29) is 5.97 Å². The zero-order valence-electron chi connectivity index (χ0n) is 11.8. The number of carbonyl (C=O) groups is 1. The quantitative estimate of drug-likeness (QED) is 0.571. The van der Waals surface area contributed by atoms with Crippen LogP contribution in [0.25, 0.3) is 11.1 Å². The number of hydrogen-bond donors (Lipinski definition) is 0. The van der Waals surface area contributed by atoms with E-state index in [1.54, 1.807) is 0 Å². The number of esters is 1. The highest BCUT2D eigenvalue weighted by molar-refractivity contribution is 9.10. The summed E-state index contributed by atoms with van der Waals surface area (Å²) in [4.78, 5) is 11.0. The Balaban J connectivity index is 1.87. The van der Waals surface area contributed by atoms with Gasteiger partial charge in [-0.25, -0.2) is 0 Å². The van der Waals surface area contributed by atoms with Gasteiger partial charge in [-0.2, -0.15) is 0 Å². The maximum absolute atomic E-state index is 11.0. The number of methoxy groups -OCH3 is 1. The summed E-state index contributed by atoms with van der Waals surface area (Å²) in [5, 5.41) is 0. The van der Waals surface area contributed by atoms with Crippen LogP contribution in [0.1, 0.15) is 12.8 Å². The number of carbonyl (C=O) groups excluding carboxylic acids is 1. The second kappa shape index (κ2) is 7.84. The van der Waals surface area contributed by atoms with Crippen LogP contribution >= 0.6 is 15.9 Å². The van der Waals surface area contributed by atoms with Gasteiger partial charge < -0.3 is 9.47 Å². The summed E-state index contributed by atoms with van der Waals surface area (Å²) in [6.45, 7) is 0.507. The number of hydrogen-bond acceptors (Lipinski definition) is 3. The molecule has 0 atom stereocenters. The fraction of sp³-hybridized carbons (Fsp3) is 0.235. The summed E-state index contributed by atoms with van der Waals surface area (Å²) >= 11 is 3.43. The Morgan fingerprint density at radius 1 is 1.00 bits per heavy atom. The summed E-state index contributed by atoms with van der Waals surface area (Å²) in [6.07, 6.45) is 1.04. The molecule has 0 aromatic heterocycles. The van der Waals surface area contributed by atoms with Crippen molar-refractivity contribution in [1.82, 2.24) is 0 Å². The van der Waals surface area contributed by atoms with Crippen molar-refractivity contribution in [3.63, 3.8) is 0 Å². The fourth-order valence-electron chi connectivity index (χ4n) is 1.89. The zero-order valence-corrected chi connectivity index (χ0v) is 13.4. The van der Waals surface area contributed by atoms with Gasteiger partial charge >= 0.3 is 5.97 Å². The van der Waals surface area contributed by atoms with Gasteiger partial charge in [0.15, 0.2) is 0 Å². The van der Waals surface area contributed by atoms with Gasteiger partial charge in [-0.05, 0) is 41.8 Å². The highest BCUT2D eigenvalue weighted by Gasteiger charge is 2.01. The minimum absolute atomic E-state index is 0.204. The molecule has 0 amide bonds. The van der Waals surface area contributed by atoms with E-state index in [9.17, 15) is 4.79 Å². The monoisotopic (exact) mass is 348 g/mol. The predicted molar refractivity (Wildman–Crippen MR) is 86.3 cm³/mol. The second-order valence-electron chi connectivity index (χ2n) is 4.56. The molecule has 110 valence electrons. The van der Waals surface area contributed by atoms with Gasteiger partial charge in [-0.1, -0.05) is 40.2 Å². The van der Waals surface area contributed by atoms with Crippen molar-refractivity contribution in [3.05, 3.63) is 53.0 Å². The lowest BCUT2D eigenvalue weighted by molar-refractivity contribution is -0.140. The van der Waals surface area contributed by atoms with Crippen LogP contribution in [0.15, 0.2) is 53.0 Å². The van der Waals surface area contributed by atoms with Crippen LogP contribution in [0.4, 0.5) is 0 Å². The summed E-state index contributed by atoms with van der Waals surface area (Å²) in [5.41, 5.74) is 2.31. The van der Waals surface area contributed by atoms with Gasteiger partial charge in [0.2, 0.25) is 0 Å². The Hall–Kier alpha value is -1.81.